The molecule has 0 amide bonds. The Balaban J connectivity index is 2.32. The van der Waals surface area contributed by atoms with Crippen LogP contribution in [0.25, 0.3) is 0 Å². The fourth-order valence-corrected chi connectivity index (χ4v) is 2.55. The lowest BCUT2D eigenvalue weighted by molar-refractivity contribution is 0.463. The number of aromatic nitrogens is 1. The lowest BCUT2D eigenvalue weighted by Crippen LogP contribution is -2.09. The number of anilines is 1. The second-order valence-corrected chi connectivity index (χ2v) is 5.84. The number of pyridine rings is 1. The van der Waals surface area contributed by atoms with Gasteiger partial charge in [-0.05, 0) is 42.2 Å². The van der Waals surface area contributed by atoms with Gasteiger partial charge >= 0.3 is 0 Å². The minimum Gasteiger partial charge on any atom is -0.437 e. The molecule has 0 aliphatic carbocycles. The molecule has 4 nitrogen and oxygen atoms in total. The lowest BCUT2D eigenvalue weighted by Gasteiger charge is -2.13. The maximum Gasteiger partial charge on any atom is 0.240 e. The third kappa shape index (κ3) is 3.59. The summed E-state index contributed by atoms with van der Waals surface area (Å²) < 4.78 is 5.72. The quantitative estimate of drug-likeness (QED) is 0.620. The van der Waals surface area contributed by atoms with E-state index in [1.165, 1.54) is 11.6 Å². The van der Waals surface area contributed by atoms with Gasteiger partial charge in [0.05, 0.1) is 5.02 Å². The number of nitrogen functional groups attached to an aromatic ring is 1. The summed E-state index contributed by atoms with van der Waals surface area (Å²) in [5.41, 5.74) is 4.84. The highest BCUT2D eigenvalue weighted by Gasteiger charge is 2.12. The first-order valence-electron chi connectivity index (χ1n) is 6.53. The highest BCUT2D eigenvalue weighted by atomic mass is 35.5. The van der Waals surface area contributed by atoms with Crippen LogP contribution in [0.1, 0.15) is 30.9 Å². The van der Waals surface area contributed by atoms with Crippen molar-refractivity contribution in [1.82, 2.24) is 4.98 Å². The van der Waals surface area contributed by atoms with Crippen molar-refractivity contribution in [3.8, 4) is 11.6 Å². The monoisotopic (exact) mass is 325 g/mol. The molecule has 2 aromatic rings. The largest absolute Gasteiger partial charge is 0.437 e. The third-order valence-electron chi connectivity index (χ3n) is 3.11. The van der Waals surface area contributed by atoms with Crippen molar-refractivity contribution in [1.29, 1.82) is 0 Å². The van der Waals surface area contributed by atoms with Crippen LogP contribution in [0.4, 0.5) is 5.82 Å². The molecule has 0 bridgehead atoms. The Kier molecular flexibility index (Phi) is 4.93. The van der Waals surface area contributed by atoms with Crippen molar-refractivity contribution in [3.05, 3.63) is 45.4 Å². The number of hydrazine groups is 1. The molecule has 3 N–H and O–H groups in total. The summed E-state index contributed by atoms with van der Waals surface area (Å²) in [4.78, 5) is 4.15. The van der Waals surface area contributed by atoms with Gasteiger partial charge in [-0.2, -0.15) is 4.98 Å². The van der Waals surface area contributed by atoms with Gasteiger partial charge in [0.2, 0.25) is 5.88 Å². The van der Waals surface area contributed by atoms with E-state index in [0.29, 0.717) is 27.5 Å². The first-order chi connectivity index (χ1) is 9.92. The summed E-state index contributed by atoms with van der Waals surface area (Å²) >= 11 is 12.0. The number of rotatable bonds is 4. The summed E-state index contributed by atoms with van der Waals surface area (Å²) in [6.45, 7) is 6.35. The highest BCUT2D eigenvalue weighted by molar-refractivity contribution is 6.36. The van der Waals surface area contributed by atoms with E-state index in [9.17, 15) is 0 Å². The van der Waals surface area contributed by atoms with Crippen molar-refractivity contribution >= 4 is 29.0 Å². The Morgan fingerprint density at radius 2 is 1.90 bits per heavy atom. The number of benzene rings is 1. The molecule has 0 atom stereocenters. The minimum atomic E-state index is 0.255. The normalized spacial score (nSPS) is 10.8. The predicted octanol–water partition coefficient (Wildman–Crippen LogP) is 4.90. The van der Waals surface area contributed by atoms with Gasteiger partial charge in [0, 0.05) is 0 Å². The predicted molar refractivity (Wildman–Crippen MR) is 87.4 cm³/mol. The van der Waals surface area contributed by atoms with Crippen LogP contribution in [0.15, 0.2) is 24.3 Å². The summed E-state index contributed by atoms with van der Waals surface area (Å²) in [6.07, 6.45) is 0. The number of halogens is 2. The average molecular weight is 326 g/mol. The fraction of sp³-hybridized carbons (Fsp3) is 0.267. The molecule has 6 heteroatoms. The summed E-state index contributed by atoms with van der Waals surface area (Å²) in [7, 11) is 0. The van der Waals surface area contributed by atoms with Gasteiger partial charge in [0.1, 0.15) is 10.8 Å². The van der Waals surface area contributed by atoms with E-state index in [4.69, 9.17) is 33.8 Å². The molecule has 0 aliphatic rings. The van der Waals surface area contributed by atoms with Crippen LogP contribution in [-0.2, 0) is 0 Å². The molecule has 1 heterocycles. The zero-order valence-electron chi connectivity index (χ0n) is 12.1. The second-order valence-electron chi connectivity index (χ2n) is 5.03. The van der Waals surface area contributed by atoms with Gasteiger partial charge in [-0.1, -0.05) is 43.1 Å². The topological polar surface area (TPSA) is 60.2 Å². The molecule has 0 saturated heterocycles. The number of hydrogen-bond donors (Lipinski definition) is 2. The Morgan fingerprint density at radius 1 is 1.19 bits per heavy atom. The first-order valence-corrected chi connectivity index (χ1v) is 7.29. The van der Waals surface area contributed by atoms with E-state index < -0.39 is 0 Å². The second kappa shape index (κ2) is 6.52. The molecule has 2 rings (SSSR count). The molecular weight excluding hydrogens is 309 g/mol. The average Bonchev–Trinajstić information content (AvgIpc) is 2.41. The standard InChI is InChI=1S/C15H17Cl2N3O/c1-8(2)11-5-4-10(6-9(11)3)21-15-13(17)7-12(16)14(19-15)20-18/h4-8H,18H2,1-3H3,(H,19,20). The van der Waals surface area contributed by atoms with Crippen molar-refractivity contribution < 1.29 is 4.74 Å². The van der Waals surface area contributed by atoms with Crippen LogP contribution in [0.5, 0.6) is 11.6 Å². The van der Waals surface area contributed by atoms with Crippen LogP contribution in [0, 0.1) is 6.92 Å². The van der Waals surface area contributed by atoms with Crippen LogP contribution >= 0.6 is 23.2 Å². The highest BCUT2D eigenvalue weighted by Crippen LogP contribution is 2.34. The molecule has 0 radical (unpaired) electrons. The van der Waals surface area contributed by atoms with E-state index >= 15 is 0 Å². The van der Waals surface area contributed by atoms with E-state index in [1.807, 2.05) is 25.1 Å². The molecule has 0 fully saturated rings. The SMILES string of the molecule is Cc1cc(Oc2nc(NN)c(Cl)cc2Cl)ccc1C(C)C. The van der Waals surface area contributed by atoms with Crippen molar-refractivity contribution in [3.63, 3.8) is 0 Å². The Morgan fingerprint density at radius 3 is 2.48 bits per heavy atom. The molecule has 0 unspecified atom stereocenters. The van der Waals surface area contributed by atoms with Crippen LogP contribution in [0.3, 0.4) is 0 Å². The van der Waals surface area contributed by atoms with E-state index in [2.05, 4.69) is 24.3 Å². The van der Waals surface area contributed by atoms with E-state index in [1.54, 1.807) is 0 Å². The molecule has 0 saturated carbocycles. The maximum atomic E-state index is 6.09. The Labute approximate surface area is 134 Å². The zero-order chi connectivity index (χ0) is 15.6. The molecule has 0 aliphatic heterocycles. The molecule has 0 spiro atoms. The van der Waals surface area contributed by atoms with Gasteiger partial charge in [0.15, 0.2) is 5.82 Å². The zero-order valence-corrected chi connectivity index (χ0v) is 13.6. The first kappa shape index (κ1) is 15.9. The number of aryl methyl sites for hydroxylation is 1. The van der Waals surface area contributed by atoms with Gasteiger partial charge in [-0.25, -0.2) is 5.84 Å². The molecule has 21 heavy (non-hydrogen) atoms. The van der Waals surface area contributed by atoms with Gasteiger partial charge in [-0.3, -0.25) is 0 Å². The fourth-order valence-electron chi connectivity index (χ4n) is 2.09. The molecule has 112 valence electrons. The van der Waals surface area contributed by atoms with E-state index in [-0.39, 0.29) is 5.88 Å². The lowest BCUT2D eigenvalue weighted by atomic mass is 9.98. The summed E-state index contributed by atoms with van der Waals surface area (Å²) in [5, 5.41) is 0.658. The molecule has 1 aromatic heterocycles. The number of ether oxygens (including phenoxy) is 1. The third-order valence-corrected chi connectivity index (χ3v) is 3.67. The summed E-state index contributed by atoms with van der Waals surface area (Å²) in [5.74, 6) is 7.04. The van der Waals surface area contributed by atoms with Crippen molar-refractivity contribution in [2.75, 3.05) is 5.43 Å². The van der Waals surface area contributed by atoms with Crippen LogP contribution < -0.4 is 16.0 Å². The van der Waals surface area contributed by atoms with Crippen molar-refractivity contribution in [2.45, 2.75) is 26.7 Å². The number of nitrogens with one attached hydrogen (secondary N) is 1. The minimum absolute atomic E-state index is 0.255. The number of nitrogens with zero attached hydrogens (tertiary/aromatic N) is 1. The Bertz CT molecular complexity index is 660. The van der Waals surface area contributed by atoms with Crippen LogP contribution in [0.2, 0.25) is 10.0 Å². The van der Waals surface area contributed by atoms with Crippen molar-refractivity contribution in [2.24, 2.45) is 5.84 Å². The van der Waals surface area contributed by atoms with Crippen LogP contribution in [-0.4, -0.2) is 4.98 Å². The number of nitrogens with two attached hydrogens (primary N) is 1. The maximum absolute atomic E-state index is 6.09. The van der Waals surface area contributed by atoms with E-state index in [0.717, 1.165) is 5.56 Å². The smallest absolute Gasteiger partial charge is 0.240 e. The van der Waals surface area contributed by atoms with Gasteiger partial charge in [0.25, 0.3) is 0 Å². The number of hydrogen-bond acceptors (Lipinski definition) is 4. The molecule has 1 aromatic carbocycles. The summed E-state index contributed by atoms with van der Waals surface area (Å²) in [6, 6.07) is 7.43. The Hall–Kier alpha value is -1.49. The molecular formula is C15H17Cl2N3O. The van der Waals surface area contributed by atoms with Gasteiger partial charge in [-0.15, -0.1) is 0 Å². The van der Waals surface area contributed by atoms with Gasteiger partial charge < -0.3 is 10.2 Å².